The van der Waals surface area contributed by atoms with Crippen LogP contribution in [0.15, 0.2) is 91.0 Å². The Morgan fingerprint density at radius 1 is 0.781 bits per heavy atom. The van der Waals surface area contributed by atoms with E-state index < -0.39 is 0 Å². The van der Waals surface area contributed by atoms with E-state index in [9.17, 15) is 5.11 Å². The Kier molecular flexibility index (Phi) is 8.68. The van der Waals surface area contributed by atoms with Crippen LogP contribution in [0.2, 0.25) is 0 Å². The molecule has 0 radical (unpaired) electrons. The standard InChI is InChI=1S/C30H35NO/c1-30(2,3)22-21-28(20-19-25-13-7-4-8-14-25)31(23-26-15-9-5-10-16-26)29(24-32)27-17-11-6-12-18-27/h4-18,28-29,32H,19-20,23-24H2,1-3H3/t28?,29-/m0/s1. The molecule has 0 aliphatic carbocycles. The molecule has 32 heavy (non-hydrogen) atoms. The molecule has 0 spiro atoms. The van der Waals surface area contributed by atoms with Crippen molar-refractivity contribution >= 4 is 0 Å². The van der Waals surface area contributed by atoms with E-state index in [0.717, 1.165) is 24.9 Å². The smallest absolute Gasteiger partial charge is 0.0726 e. The zero-order valence-electron chi connectivity index (χ0n) is 19.5. The largest absolute Gasteiger partial charge is 0.394 e. The maximum atomic E-state index is 10.5. The average Bonchev–Trinajstić information content (AvgIpc) is 2.80. The number of aliphatic hydroxyl groups is 1. The van der Waals surface area contributed by atoms with Gasteiger partial charge in [0.1, 0.15) is 0 Å². The normalized spacial score (nSPS) is 13.3. The van der Waals surface area contributed by atoms with Crippen molar-refractivity contribution in [3.8, 4) is 11.8 Å². The molecule has 3 rings (SSSR count). The van der Waals surface area contributed by atoms with Crippen LogP contribution < -0.4 is 0 Å². The molecular weight excluding hydrogens is 390 g/mol. The van der Waals surface area contributed by atoms with E-state index in [-0.39, 0.29) is 24.1 Å². The summed E-state index contributed by atoms with van der Waals surface area (Å²) in [6, 6.07) is 31.3. The third kappa shape index (κ3) is 7.38. The van der Waals surface area contributed by atoms with E-state index in [1.165, 1.54) is 11.1 Å². The SMILES string of the molecule is CC(C)(C)C#CC(CCc1ccccc1)N(Cc1ccccc1)[C@@H](CO)c1ccccc1. The van der Waals surface area contributed by atoms with E-state index in [1.54, 1.807) is 0 Å². The number of hydrogen-bond donors (Lipinski definition) is 1. The van der Waals surface area contributed by atoms with E-state index in [2.05, 4.69) is 104 Å². The summed E-state index contributed by atoms with van der Waals surface area (Å²) in [6.07, 6.45) is 1.85. The highest BCUT2D eigenvalue weighted by Gasteiger charge is 2.27. The van der Waals surface area contributed by atoms with Crippen LogP contribution in [0, 0.1) is 17.3 Å². The van der Waals surface area contributed by atoms with Crippen LogP contribution in [0.3, 0.4) is 0 Å². The lowest BCUT2D eigenvalue weighted by molar-refractivity contribution is 0.0920. The average molecular weight is 426 g/mol. The maximum absolute atomic E-state index is 10.5. The predicted octanol–water partition coefficient (Wildman–Crippen LogP) is 6.27. The molecule has 1 unspecified atom stereocenters. The molecule has 0 aliphatic heterocycles. The molecule has 0 aromatic heterocycles. The van der Waals surface area contributed by atoms with Crippen LogP contribution in [0.4, 0.5) is 0 Å². The Labute approximate surface area is 193 Å². The molecule has 1 N–H and O–H groups in total. The number of aliphatic hydroxyl groups excluding tert-OH is 1. The van der Waals surface area contributed by atoms with E-state index >= 15 is 0 Å². The number of benzene rings is 3. The topological polar surface area (TPSA) is 23.5 Å². The van der Waals surface area contributed by atoms with Crippen LogP contribution in [0.5, 0.6) is 0 Å². The van der Waals surface area contributed by atoms with Crippen molar-refractivity contribution in [1.82, 2.24) is 4.90 Å². The van der Waals surface area contributed by atoms with Crippen molar-refractivity contribution in [2.45, 2.75) is 52.2 Å². The zero-order chi connectivity index (χ0) is 22.8. The molecule has 2 heteroatoms. The van der Waals surface area contributed by atoms with Gasteiger partial charge in [0.25, 0.3) is 0 Å². The summed E-state index contributed by atoms with van der Waals surface area (Å²) in [4.78, 5) is 2.38. The van der Waals surface area contributed by atoms with Crippen molar-refractivity contribution < 1.29 is 5.11 Å². The van der Waals surface area contributed by atoms with Gasteiger partial charge < -0.3 is 5.11 Å². The van der Waals surface area contributed by atoms with Gasteiger partial charge in [0.15, 0.2) is 0 Å². The van der Waals surface area contributed by atoms with Crippen molar-refractivity contribution in [2.75, 3.05) is 6.61 Å². The first-order valence-electron chi connectivity index (χ1n) is 11.5. The number of rotatable bonds is 9. The van der Waals surface area contributed by atoms with Gasteiger partial charge >= 0.3 is 0 Å². The summed E-state index contributed by atoms with van der Waals surface area (Å²) in [6.45, 7) is 7.23. The third-order valence-corrected chi connectivity index (χ3v) is 5.53. The van der Waals surface area contributed by atoms with Gasteiger partial charge in [-0.05, 0) is 50.3 Å². The molecule has 0 bridgehead atoms. The van der Waals surface area contributed by atoms with Gasteiger partial charge in [0.05, 0.1) is 18.7 Å². The molecule has 166 valence electrons. The van der Waals surface area contributed by atoms with E-state index in [4.69, 9.17) is 0 Å². The van der Waals surface area contributed by atoms with Gasteiger partial charge in [-0.15, -0.1) is 0 Å². The quantitative estimate of drug-likeness (QED) is 0.408. The molecule has 0 amide bonds. The molecule has 3 aromatic carbocycles. The van der Waals surface area contributed by atoms with Crippen LogP contribution in [-0.2, 0) is 13.0 Å². The highest BCUT2D eigenvalue weighted by atomic mass is 16.3. The van der Waals surface area contributed by atoms with E-state index in [0.29, 0.717) is 0 Å². The Bertz CT molecular complexity index is 981. The highest BCUT2D eigenvalue weighted by molar-refractivity contribution is 5.24. The monoisotopic (exact) mass is 425 g/mol. The zero-order valence-corrected chi connectivity index (χ0v) is 19.5. The minimum absolute atomic E-state index is 0.0204. The second-order valence-electron chi connectivity index (χ2n) is 9.33. The number of aryl methyl sites for hydroxylation is 1. The van der Waals surface area contributed by atoms with Gasteiger partial charge in [-0.1, -0.05) is 103 Å². The van der Waals surface area contributed by atoms with Crippen LogP contribution in [-0.4, -0.2) is 22.7 Å². The van der Waals surface area contributed by atoms with Crippen LogP contribution in [0.25, 0.3) is 0 Å². The fourth-order valence-corrected chi connectivity index (χ4v) is 3.88. The van der Waals surface area contributed by atoms with Gasteiger partial charge in [0, 0.05) is 12.0 Å². The summed E-state index contributed by atoms with van der Waals surface area (Å²) in [7, 11) is 0. The molecular formula is C30H35NO. The minimum Gasteiger partial charge on any atom is -0.394 e. The van der Waals surface area contributed by atoms with Gasteiger partial charge in [-0.3, -0.25) is 4.90 Å². The summed E-state index contributed by atoms with van der Waals surface area (Å²) in [5.74, 6) is 7.08. The van der Waals surface area contributed by atoms with Gasteiger partial charge in [-0.2, -0.15) is 0 Å². The van der Waals surface area contributed by atoms with Gasteiger partial charge in [-0.25, -0.2) is 0 Å². The second kappa shape index (κ2) is 11.7. The molecule has 0 aliphatic rings. The lowest BCUT2D eigenvalue weighted by Gasteiger charge is -2.36. The summed E-state index contributed by atoms with van der Waals surface area (Å²) < 4.78 is 0. The molecule has 3 aromatic rings. The Balaban J connectivity index is 1.98. The van der Waals surface area contributed by atoms with Crippen molar-refractivity contribution in [1.29, 1.82) is 0 Å². The fourth-order valence-electron chi connectivity index (χ4n) is 3.88. The maximum Gasteiger partial charge on any atom is 0.0726 e. The number of nitrogens with zero attached hydrogens (tertiary/aromatic N) is 1. The first kappa shape index (κ1) is 23.8. The second-order valence-corrected chi connectivity index (χ2v) is 9.33. The lowest BCUT2D eigenvalue weighted by atomic mass is 9.94. The molecule has 2 atom stereocenters. The van der Waals surface area contributed by atoms with Crippen LogP contribution >= 0.6 is 0 Å². The first-order valence-corrected chi connectivity index (χ1v) is 11.5. The van der Waals surface area contributed by atoms with Crippen molar-refractivity contribution in [2.24, 2.45) is 5.41 Å². The van der Waals surface area contributed by atoms with E-state index in [1.807, 2.05) is 24.3 Å². The highest BCUT2D eigenvalue weighted by Crippen LogP contribution is 2.27. The van der Waals surface area contributed by atoms with Crippen molar-refractivity contribution in [3.05, 3.63) is 108 Å². The summed E-state index contributed by atoms with van der Waals surface area (Å²) in [5, 5.41) is 10.5. The van der Waals surface area contributed by atoms with Crippen LogP contribution in [0.1, 0.15) is 49.9 Å². The fraction of sp³-hybridized carbons (Fsp3) is 0.333. The Morgan fingerprint density at radius 3 is 1.84 bits per heavy atom. The minimum atomic E-state index is -0.119. The molecule has 0 saturated carbocycles. The third-order valence-electron chi connectivity index (χ3n) is 5.53. The molecule has 0 heterocycles. The first-order chi connectivity index (χ1) is 15.5. The van der Waals surface area contributed by atoms with Crippen molar-refractivity contribution in [3.63, 3.8) is 0 Å². The summed E-state index contributed by atoms with van der Waals surface area (Å²) in [5.41, 5.74) is 3.58. The van der Waals surface area contributed by atoms with Gasteiger partial charge in [0.2, 0.25) is 0 Å². The Hall–Kier alpha value is -2.86. The molecule has 2 nitrogen and oxygen atoms in total. The molecule has 0 fully saturated rings. The lowest BCUT2D eigenvalue weighted by Crippen LogP contribution is -2.39. The molecule has 0 saturated heterocycles. The number of hydrogen-bond acceptors (Lipinski definition) is 2. The Morgan fingerprint density at radius 2 is 1.31 bits per heavy atom. The summed E-state index contributed by atoms with van der Waals surface area (Å²) >= 11 is 0. The predicted molar refractivity (Wildman–Crippen MR) is 134 cm³/mol.